The zero-order valence-electron chi connectivity index (χ0n) is 16.8. The maximum atomic E-state index is 12.5. The molecule has 3 rings (SSSR count). The zero-order valence-corrected chi connectivity index (χ0v) is 16.8. The van der Waals surface area contributed by atoms with Crippen molar-refractivity contribution >= 4 is 11.8 Å². The van der Waals surface area contributed by atoms with Gasteiger partial charge in [-0.15, -0.1) is 0 Å². The van der Waals surface area contributed by atoms with Crippen LogP contribution >= 0.6 is 0 Å². The molecule has 150 valence electrons. The SMILES string of the molecule is CC(C)c1cc(C(=O)NNC(=O)C2COc3ccccc3O2)nn1C(C)(C)C. The molecule has 0 aliphatic carbocycles. The summed E-state index contributed by atoms with van der Waals surface area (Å²) in [6, 6.07) is 8.85. The van der Waals surface area contributed by atoms with Crippen molar-refractivity contribution in [2.75, 3.05) is 6.61 Å². The maximum Gasteiger partial charge on any atom is 0.290 e. The van der Waals surface area contributed by atoms with Crippen molar-refractivity contribution in [3.63, 3.8) is 0 Å². The van der Waals surface area contributed by atoms with Crippen LogP contribution in [0.15, 0.2) is 30.3 Å². The van der Waals surface area contributed by atoms with E-state index in [1.54, 1.807) is 24.3 Å². The number of hydrogen-bond acceptors (Lipinski definition) is 5. The highest BCUT2D eigenvalue weighted by Gasteiger charge is 2.28. The molecule has 1 aliphatic heterocycles. The van der Waals surface area contributed by atoms with Crippen LogP contribution in [0.4, 0.5) is 0 Å². The van der Waals surface area contributed by atoms with Gasteiger partial charge in [-0.05, 0) is 44.9 Å². The van der Waals surface area contributed by atoms with Gasteiger partial charge in [0.15, 0.2) is 17.2 Å². The Labute approximate surface area is 164 Å². The zero-order chi connectivity index (χ0) is 20.5. The van der Waals surface area contributed by atoms with Gasteiger partial charge in [0.25, 0.3) is 11.8 Å². The summed E-state index contributed by atoms with van der Waals surface area (Å²) in [6.07, 6.45) is -0.853. The van der Waals surface area contributed by atoms with E-state index >= 15 is 0 Å². The molecule has 28 heavy (non-hydrogen) atoms. The molecule has 0 saturated heterocycles. The van der Waals surface area contributed by atoms with E-state index in [1.165, 1.54) is 0 Å². The van der Waals surface area contributed by atoms with E-state index in [0.29, 0.717) is 11.5 Å². The fourth-order valence-electron chi connectivity index (χ4n) is 2.87. The summed E-state index contributed by atoms with van der Waals surface area (Å²) < 4.78 is 13.0. The minimum Gasteiger partial charge on any atom is -0.485 e. The molecule has 1 aromatic heterocycles. The Balaban J connectivity index is 1.64. The van der Waals surface area contributed by atoms with E-state index in [1.807, 2.05) is 45.4 Å². The second-order valence-electron chi connectivity index (χ2n) is 8.00. The molecule has 0 spiro atoms. The van der Waals surface area contributed by atoms with E-state index in [9.17, 15) is 9.59 Å². The first kappa shape index (κ1) is 19.7. The quantitative estimate of drug-likeness (QED) is 0.790. The molecule has 8 nitrogen and oxygen atoms in total. The Hall–Kier alpha value is -3.03. The number of fused-ring (bicyclic) bond motifs is 1. The molecule has 0 radical (unpaired) electrons. The van der Waals surface area contributed by atoms with Crippen LogP contribution in [0, 0.1) is 0 Å². The summed E-state index contributed by atoms with van der Waals surface area (Å²) in [7, 11) is 0. The first-order valence-electron chi connectivity index (χ1n) is 9.26. The second-order valence-corrected chi connectivity index (χ2v) is 8.00. The van der Waals surface area contributed by atoms with Gasteiger partial charge in [0.1, 0.15) is 6.61 Å². The number of amides is 2. The molecule has 1 atom stereocenters. The van der Waals surface area contributed by atoms with Crippen LogP contribution in [-0.2, 0) is 10.3 Å². The van der Waals surface area contributed by atoms with Crippen molar-refractivity contribution in [2.45, 2.75) is 52.2 Å². The first-order valence-corrected chi connectivity index (χ1v) is 9.26. The van der Waals surface area contributed by atoms with Crippen molar-refractivity contribution in [1.29, 1.82) is 0 Å². The molecule has 2 N–H and O–H groups in total. The van der Waals surface area contributed by atoms with Gasteiger partial charge in [-0.3, -0.25) is 25.1 Å². The van der Waals surface area contributed by atoms with Crippen LogP contribution in [0.5, 0.6) is 11.5 Å². The Morgan fingerprint density at radius 1 is 1.18 bits per heavy atom. The van der Waals surface area contributed by atoms with Gasteiger partial charge in [-0.25, -0.2) is 0 Å². The topological polar surface area (TPSA) is 94.5 Å². The average molecular weight is 386 g/mol. The van der Waals surface area contributed by atoms with E-state index in [4.69, 9.17) is 9.47 Å². The molecule has 1 unspecified atom stereocenters. The predicted molar refractivity (Wildman–Crippen MR) is 103 cm³/mol. The highest BCUT2D eigenvalue weighted by Crippen LogP contribution is 2.30. The van der Waals surface area contributed by atoms with Crippen LogP contribution in [0.2, 0.25) is 0 Å². The molecular weight excluding hydrogens is 360 g/mol. The normalized spacial score (nSPS) is 16.0. The Bertz CT molecular complexity index is 883. The molecule has 0 fully saturated rings. The predicted octanol–water partition coefficient (Wildman–Crippen LogP) is 2.36. The monoisotopic (exact) mass is 386 g/mol. The smallest absolute Gasteiger partial charge is 0.290 e. The van der Waals surface area contributed by atoms with E-state index < -0.39 is 17.9 Å². The summed E-state index contributed by atoms with van der Waals surface area (Å²) in [5.74, 6) is 0.295. The molecule has 0 bridgehead atoms. The summed E-state index contributed by atoms with van der Waals surface area (Å²) in [6.45, 7) is 10.2. The van der Waals surface area contributed by atoms with Gasteiger partial charge in [0, 0.05) is 5.69 Å². The standard InChI is InChI=1S/C20H26N4O4/c1-12(2)14-10-13(23-24(14)20(3,4)5)18(25)21-22-19(26)17-11-27-15-8-6-7-9-16(15)28-17/h6-10,12,17H,11H2,1-5H3,(H,21,25)(H,22,26). The van der Waals surface area contributed by atoms with Gasteiger partial charge >= 0.3 is 0 Å². The van der Waals surface area contributed by atoms with Gasteiger partial charge in [0.2, 0.25) is 6.10 Å². The van der Waals surface area contributed by atoms with E-state index in [0.717, 1.165) is 5.69 Å². The summed E-state index contributed by atoms with van der Waals surface area (Å²) in [4.78, 5) is 24.8. The third-order valence-electron chi connectivity index (χ3n) is 4.30. The second kappa shape index (κ2) is 7.53. The number of nitrogens with zero attached hydrogens (tertiary/aromatic N) is 2. The number of carbonyl (C=O) groups is 2. The maximum absolute atomic E-state index is 12.5. The van der Waals surface area contributed by atoms with Gasteiger partial charge < -0.3 is 9.47 Å². The van der Waals surface area contributed by atoms with Crippen molar-refractivity contribution in [3.8, 4) is 11.5 Å². The molecule has 2 heterocycles. The van der Waals surface area contributed by atoms with Gasteiger partial charge in [0.05, 0.1) is 5.54 Å². The first-order chi connectivity index (χ1) is 13.2. The third kappa shape index (κ3) is 4.11. The van der Waals surface area contributed by atoms with Crippen molar-refractivity contribution in [3.05, 3.63) is 41.7 Å². The highest BCUT2D eigenvalue weighted by molar-refractivity contribution is 5.94. The molecule has 1 aliphatic rings. The number of aromatic nitrogens is 2. The average Bonchev–Trinajstić information content (AvgIpc) is 3.12. The fourth-order valence-corrected chi connectivity index (χ4v) is 2.87. The van der Waals surface area contributed by atoms with Crippen LogP contribution in [0.3, 0.4) is 0 Å². The lowest BCUT2D eigenvalue weighted by Gasteiger charge is -2.25. The largest absolute Gasteiger partial charge is 0.485 e. The summed E-state index contributed by atoms with van der Waals surface area (Å²) >= 11 is 0. The fraction of sp³-hybridized carbons (Fsp3) is 0.450. The van der Waals surface area contributed by atoms with Crippen molar-refractivity contribution in [2.24, 2.45) is 0 Å². The number of hydrogen-bond donors (Lipinski definition) is 2. The minimum absolute atomic E-state index is 0.0644. The number of benzene rings is 1. The van der Waals surface area contributed by atoms with Gasteiger partial charge in [-0.2, -0.15) is 5.10 Å². The van der Waals surface area contributed by atoms with Crippen LogP contribution in [0.25, 0.3) is 0 Å². The Morgan fingerprint density at radius 2 is 1.86 bits per heavy atom. The number of rotatable bonds is 3. The summed E-state index contributed by atoms with van der Waals surface area (Å²) in [5, 5.41) is 4.42. The van der Waals surface area contributed by atoms with E-state index in [2.05, 4.69) is 16.0 Å². The molecule has 2 amide bonds. The molecule has 0 saturated carbocycles. The number of carbonyl (C=O) groups excluding carboxylic acids is 2. The van der Waals surface area contributed by atoms with Crippen LogP contribution in [-0.4, -0.2) is 34.3 Å². The minimum atomic E-state index is -0.853. The van der Waals surface area contributed by atoms with Crippen molar-refractivity contribution < 1.29 is 19.1 Å². The van der Waals surface area contributed by atoms with Gasteiger partial charge in [-0.1, -0.05) is 26.0 Å². The molecular formula is C20H26N4O4. The lowest BCUT2D eigenvalue weighted by atomic mass is 10.1. The molecule has 1 aromatic carbocycles. The summed E-state index contributed by atoms with van der Waals surface area (Å²) in [5.41, 5.74) is 5.71. The number of para-hydroxylation sites is 2. The highest BCUT2D eigenvalue weighted by atomic mass is 16.6. The van der Waals surface area contributed by atoms with Crippen LogP contribution in [0.1, 0.15) is 56.7 Å². The van der Waals surface area contributed by atoms with Crippen molar-refractivity contribution in [1.82, 2.24) is 20.6 Å². The third-order valence-corrected chi connectivity index (χ3v) is 4.30. The number of nitrogens with one attached hydrogen (secondary N) is 2. The van der Waals surface area contributed by atoms with E-state index in [-0.39, 0.29) is 23.8 Å². The molecule has 8 heteroatoms. The number of hydrazine groups is 1. The molecule has 2 aromatic rings. The Kier molecular flexibility index (Phi) is 5.31. The van der Waals surface area contributed by atoms with Crippen LogP contribution < -0.4 is 20.3 Å². The lowest BCUT2D eigenvalue weighted by molar-refractivity contribution is -0.131. The lowest BCUT2D eigenvalue weighted by Crippen LogP contribution is -2.51. The Morgan fingerprint density at radius 3 is 2.46 bits per heavy atom. The number of ether oxygens (including phenoxy) is 2.